The van der Waals surface area contributed by atoms with E-state index in [1.165, 1.54) is 0 Å². The fourth-order valence-electron chi connectivity index (χ4n) is 6.14. The Hall–Kier alpha value is -2.35. The number of para-hydroxylation sites is 2. The predicted molar refractivity (Wildman–Crippen MR) is 182 cm³/mol. The third-order valence-corrected chi connectivity index (χ3v) is 22.8. The van der Waals surface area contributed by atoms with E-state index in [4.69, 9.17) is 3.87 Å². The molecule has 2 aromatic rings. The van der Waals surface area contributed by atoms with Crippen LogP contribution in [-0.4, -0.2) is 29.7 Å². The van der Waals surface area contributed by atoms with Gasteiger partial charge in [0.25, 0.3) is 0 Å². The van der Waals surface area contributed by atoms with Crippen molar-refractivity contribution in [3.8, 4) is 0 Å². The molecular weight excluding hydrogens is 618 g/mol. The molecule has 0 aromatic heterocycles. The van der Waals surface area contributed by atoms with Crippen molar-refractivity contribution in [3.63, 3.8) is 0 Å². The van der Waals surface area contributed by atoms with Crippen LogP contribution in [-0.2, 0) is 14.0 Å². The quantitative estimate of drug-likeness (QED) is 0.197. The second-order valence-electron chi connectivity index (χ2n) is 14.0. The first-order valence-corrected chi connectivity index (χ1v) is 23.0. The van der Waals surface area contributed by atoms with Crippen LogP contribution < -0.4 is 9.13 Å². The van der Waals surface area contributed by atoms with E-state index in [2.05, 4.69) is 6.58 Å². The molecule has 0 aliphatic carbocycles. The van der Waals surface area contributed by atoms with Crippen LogP contribution in [0.15, 0.2) is 60.4 Å². The molecule has 2 aromatic carbocycles. The highest BCUT2D eigenvalue weighted by Gasteiger charge is 2.68. The van der Waals surface area contributed by atoms with Gasteiger partial charge < -0.3 is 9.13 Å². The van der Waals surface area contributed by atoms with Gasteiger partial charge in [0, 0.05) is 22.8 Å². The summed E-state index contributed by atoms with van der Waals surface area (Å²) in [6, 6.07) is 11.8. The molecule has 0 N–H and O–H groups in total. The first kappa shape index (κ1) is 36.1. The number of benzene rings is 2. The molecule has 0 bridgehead atoms. The van der Waals surface area contributed by atoms with Gasteiger partial charge in [0.1, 0.15) is 7.59 Å². The molecule has 11 heteroatoms. The van der Waals surface area contributed by atoms with Crippen LogP contribution in [0.25, 0.3) is 0 Å². The topological polar surface area (TPSA) is 49.9 Å². The number of hydrogen-bond donors (Lipinski definition) is 0. The van der Waals surface area contributed by atoms with Gasteiger partial charge in [-0.1, -0.05) is 118 Å². The Labute approximate surface area is 265 Å². The van der Waals surface area contributed by atoms with E-state index >= 15 is 0 Å². The Morgan fingerprint density at radius 3 is 1.39 bits per heavy atom. The van der Waals surface area contributed by atoms with E-state index in [-0.39, 0.29) is 23.7 Å². The third kappa shape index (κ3) is 6.21. The molecule has 0 saturated heterocycles. The van der Waals surface area contributed by atoms with Crippen molar-refractivity contribution in [1.82, 2.24) is 0 Å². The number of hydrogen-bond acceptors (Lipinski definition) is 5. The Kier molecular flexibility index (Phi) is 10.2. The Morgan fingerprint density at radius 2 is 1.09 bits per heavy atom. The first-order chi connectivity index (χ1) is 20.0. The lowest BCUT2D eigenvalue weighted by Gasteiger charge is -2.58. The Bertz CT molecular complexity index is 1490. The lowest BCUT2D eigenvalue weighted by molar-refractivity contribution is -0.0503. The van der Waals surface area contributed by atoms with Crippen molar-refractivity contribution < 1.29 is 25.5 Å². The van der Waals surface area contributed by atoms with Crippen molar-refractivity contribution in [2.24, 2.45) is 0 Å². The van der Waals surface area contributed by atoms with Crippen LogP contribution in [0, 0.1) is 0 Å². The molecule has 1 atom stereocenters. The smallest absolute Gasteiger partial charge is 0.334 e. The van der Waals surface area contributed by atoms with Gasteiger partial charge in [-0.3, -0.25) is 3.87 Å². The van der Waals surface area contributed by atoms with Gasteiger partial charge in [0.2, 0.25) is 0 Å². The van der Waals surface area contributed by atoms with Crippen molar-refractivity contribution >= 4 is 37.2 Å². The fraction of sp³-hybridized carbons (Fsp3) is 0.515. The van der Waals surface area contributed by atoms with Crippen LogP contribution in [0.2, 0.25) is 19.6 Å². The van der Waals surface area contributed by atoms with Crippen LogP contribution in [0.5, 0.6) is 0 Å². The van der Waals surface area contributed by atoms with Gasteiger partial charge in [-0.15, -0.1) is 0 Å². The van der Waals surface area contributed by atoms with E-state index in [0.717, 1.165) is 27.9 Å². The molecule has 0 spiro atoms. The molecule has 1 aliphatic rings. The van der Waals surface area contributed by atoms with Crippen molar-refractivity contribution in [2.75, 3.05) is 9.13 Å². The lowest BCUT2D eigenvalue weighted by atomic mass is 9.92. The maximum absolute atomic E-state index is 14.5. The molecule has 3 rings (SSSR count). The molecule has 0 saturated carbocycles. The normalized spacial score (nSPS) is 18.7. The summed E-state index contributed by atoms with van der Waals surface area (Å²) in [6.07, 6.45) is 1.86. The minimum atomic E-state index is -6.06. The summed E-state index contributed by atoms with van der Waals surface area (Å²) in [5, 5.41) is 0. The summed E-state index contributed by atoms with van der Waals surface area (Å²) in [6.45, 7) is 28.2. The molecule has 1 aliphatic heterocycles. The molecule has 44 heavy (non-hydrogen) atoms. The monoisotopic (exact) mass is 666 g/mol. The van der Waals surface area contributed by atoms with Crippen molar-refractivity contribution in [2.45, 2.75) is 111 Å². The number of allylic oxidation sites excluding steroid dienone is 2. The summed E-state index contributed by atoms with van der Waals surface area (Å²) in [5.74, 6) is -0.0361. The molecule has 5 nitrogen and oxygen atoms in total. The minimum Gasteiger partial charge on any atom is -0.334 e. The van der Waals surface area contributed by atoms with E-state index < -0.39 is 31.4 Å². The number of nitrogens with zero attached hydrogens (tertiary/aromatic N) is 2. The van der Waals surface area contributed by atoms with Crippen LogP contribution in [0.3, 0.4) is 0 Å². The predicted octanol–water partition coefficient (Wildman–Crippen LogP) is 10.1. The average molecular weight is 667 g/mol. The van der Waals surface area contributed by atoms with Gasteiger partial charge in [0.15, 0.2) is 0 Å². The minimum absolute atomic E-state index is 0.00295. The second kappa shape index (κ2) is 12.5. The van der Waals surface area contributed by atoms with Gasteiger partial charge in [0.05, 0.1) is 0 Å². The van der Waals surface area contributed by atoms with Gasteiger partial charge in [-0.05, 0) is 58.9 Å². The summed E-state index contributed by atoms with van der Waals surface area (Å²) in [4.78, 5) is 0. The zero-order chi connectivity index (χ0) is 33.7. The van der Waals surface area contributed by atoms with Crippen LogP contribution in [0.4, 0.5) is 24.5 Å². The number of rotatable bonds is 9. The molecule has 244 valence electrons. The average Bonchev–Trinajstić information content (AvgIpc) is 2.86. The Balaban J connectivity index is 2.75. The zero-order valence-corrected chi connectivity index (χ0v) is 31.0. The molecule has 1 heterocycles. The molecular formula is C33H49F3N2O3SSi2. The standard InChI is InChI=1S/C33H49F3N2O3SSi2/c1-21(2)27-16-14-17-28(22(3)4)31(27)37-25(9)20-26(10)38(32-29(23(5)6)18-15-19-30(32)24(7)8)44(37,43(11,12)13)41-42(39,40)33(34,35)36/h14-24H,9H2,1-8,10-13H3. The SMILES string of the molecule is C=C1C=C(C)N(c2c(C(C)C)cccc2C(C)C)[Si](OS(=O)(=O)C(F)(F)F)([Si](C)(C)C)N1c1c(C(C)C)cccc1C(C)C. The summed E-state index contributed by atoms with van der Waals surface area (Å²) < 4.78 is 80.0. The number of halogens is 3. The molecule has 0 radical (unpaired) electrons. The van der Waals surface area contributed by atoms with Crippen LogP contribution in [0.1, 0.15) is 108 Å². The van der Waals surface area contributed by atoms with Gasteiger partial charge >= 0.3 is 23.8 Å². The van der Waals surface area contributed by atoms with Gasteiger partial charge in [-0.2, -0.15) is 21.6 Å². The lowest BCUT2D eigenvalue weighted by Crippen LogP contribution is -2.82. The second-order valence-corrected chi connectivity index (χ2v) is 29.1. The molecule has 0 fully saturated rings. The third-order valence-electron chi connectivity index (χ3n) is 8.24. The summed E-state index contributed by atoms with van der Waals surface area (Å²) in [7, 11) is -13.6. The highest BCUT2D eigenvalue weighted by molar-refractivity contribution is 7.89. The van der Waals surface area contributed by atoms with Crippen molar-refractivity contribution in [3.05, 3.63) is 82.7 Å². The van der Waals surface area contributed by atoms with E-state index in [0.29, 0.717) is 17.1 Å². The maximum atomic E-state index is 14.5. The van der Waals surface area contributed by atoms with Gasteiger partial charge in [-0.25, -0.2) is 0 Å². The highest BCUT2D eigenvalue weighted by Crippen LogP contribution is 2.51. The largest absolute Gasteiger partial charge is 0.522 e. The maximum Gasteiger partial charge on any atom is 0.522 e. The summed E-state index contributed by atoms with van der Waals surface area (Å²) in [5.41, 5.74) is 0.469. The Morgan fingerprint density at radius 1 is 0.750 bits per heavy atom. The van der Waals surface area contributed by atoms with Crippen LogP contribution >= 0.6 is 0 Å². The number of alkyl halides is 3. The zero-order valence-electron chi connectivity index (χ0n) is 28.2. The van der Waals surface area contributed by atoms with E-state index in [9.17, 15) is 21.6 Å². The van der Waals surface area contributed by atoms with E-state index in [1.54, 1.807) is 0 Å². The number of anilines is 2. The molecule has 1 unspecified atom stereocenters. The van der Waals surface area contributed by atoms with E-state index in [1.807, 2.05) is 134 Å². The summed E-state index contributed by atoms with van der Waals surface area (Å²) >= 11 is 0. The first-order valence-electron chi connectivity index (χ1n) is 15.3. The highest BCUT2D eigenvalue weighted by atomic mass is 32.2. The van der Waals surface area contributed by atoms with Crippen molar-refractivity contribution in [1.29, 1.82) is 0 Å². The fourth-order valence-corrected chi connectivity index (χ4v) is 21.9. The molecule has 0 amide bonds.